The van der Waals surface area contributed by atoms with Gasteiger partial charge in [-0.3, -0.25) is 14.5 Å². The lowest BCUT2D eigenvalue weighted by Gasteiger charge is -2.33. The molecule has 2 amide bonds. The molecule has 2 aromatic rings. The van der Waals surface area contributed by atoms with Crippen molar-refractivity contribution < 1.29 is 19.4 Å². The molecule has 206 valence electrons. The first-order valence-corrected chi connectivity index (χ1v) is 14.5. The van der Waals surface area contributed by atoms with Crippen molar-refractivity contribution in [2.24, 2.45) is 23.7 Å². The Labute approximate surface area is 232 Å². The van der Waals surface area contributed by atoms with Gasteiger partial charge in [0.15, 0.2) is 0 Å². The van der Waals surface area contributed by atoms with Gasteiger partial charge < -0.3 is 9.84 Å². The van der Waals surface area contributed by atoms with Gasteiger partial charge in [0.1, 0.15) is 5.75 Å². The van der Waals surface area contributed by atoms with E-state index < -0.39 is 0 Å². The zero-order valence-corrected chi connectivity index (χ0v) is 23.9. The molecule has 0 radical (unpaired) electrons. The Hall–Kier alpha value is -3.18. The molecule has 5 rings (SSSR count). The number of fused-ring (bicyclic) bond motifs is 3. The summed E-state index contributed by atoms with van der Waals surface area (Å²) in [4.78, 5) is 28.1. The van der Waals surface area contributed by atoms with Crippen molar-refractivity contribution in [2.75, 3.05) is 13.2 Å². The van der Waals surface area contributed by atoms with Gasteiger partial charge in [-0.2, -0.15) is 0 Å². The molecule has 2 saturated heterocycles. The van der Waals surface area contributed by atoms with Crippen LogP contribution in [-0.2, 0) is 14.3 Å². The number of benzene rings is 2. The second-order valence-electron chi connectivity index (χ2n) is 11.8. The highest BCUT2D eigenvalue weighted by atomic mass is 16.5. The number of allylic oxidation sites excluding steroid dienone is 2. The zero-order valence-electron chi connectivity index (χ0n) is 23.9. The molecule has 4 atom stereocenters. The number of phenols is 1. The first-order chi connectivity index (χ1) is 18.7. The number of hydrogen-bond acceptors (Lipinski definition) is 4. The van der Waals surface area contributed by atoms with E-state index in [-0.39, 0.29) is 35.7 Å². The number of aryl methyl sites for hydroxylation is 2. The molecule has 0 unspecified atom stereocenters. The van der Waals surface area contributed by atoms with E-state index in [1.807, 2.05) is 39.0 Å². The van der Waals surface area contributed by atoms with E-state index in [0.717, 1.165) is 36.0 Å². The van der Waals surface area contributed by atoms with Crippen LogP contribution in [0.15, 0.2) is 53.6 Å². The average Bonchev–Trinajstić information content (AvgIpc) is 3.44. The Balaban J connectivity index is 1.44. The first-order valence-electron chi connectivity index (χ1n) is 14.5. The van der Waals surface area contributed by atoms with E-state index in [4.69, 9.17) is 4.74 Å². The molecule has 1 N–H and O–H groups in total. The van der Waals surface area contributed by atoms with Crippen LogP contribution in [0.25, 0.3) is 11.6 Å². The molecule has 0 saturated carbocycles. The maximum absolute atomic E-state index is 13.4. The molecule has 1 aliphatic carbocycles. The maximum Gasteiger partial charge on any atom is 0.233 e. The summed E-state index contributed by atoms with van der Waals surface area (Å²) in [5, 5.41) is 10.3. The van der Waals surface area contributed by atoms with Crippen molar-refractivity contribution in [1.29, 1.82) is 0 Å². The minimum atomic E-state index is -0.279. The Morgan fingerprint density at radius 2 is 1.77 bits per heavy atom. The number of carbonyl (C=O) groups is 2. The number of nitrogens with zero attached hydrogens (tertiary/aromatic N) is 1. The van der Waals surface area contributed by atoms with Crippen molar-refractivity contribution in [3.8, 4) is 5.75 Å². The molecule has 2 heterocycles. The molecular formula is C34H41NO4. The predicted octanol–water partition coefficient (Wildman–Crippen LogP) is 6.71. The predicted molar refractivity (Wildman–Crippen MR) is 155 cm³/mol. The number of likely N-dealkylation sites (tertiary alicyclic amines) is 1. The molecular weight excluding hydrogens is 486 g/mol. The first kappa shape index (κ1) is 27.4. The van der Waals surface area contributed by atoms with Gasteiger partial charge in [-0.1, -0.05) is 62.8 Å². The molecule has 5 nitrogen and oxygen atoms in total. The van der Waals surface area contributed by atoms with Crippen LogP contribution in [0.2, 0.25) is 0 Å². The molecule has 2 aliphatic heterocycles. The quantitative estimate of drug-likeness (QED) is 0.235. The summed E-state index contributed by atoms with van der Waals surface area (Å²) in [5.41, 5.74) is 7.80. The van der Waals surface area contributed by atoms with Crippen LogP contribution in [0.4, 0.5) is 0 Å². The van der Waals surface area contributed by atoms with E-state index in [9.17, 15) is 14.7 Å². The fourth-order valence-electron chi connectivity index (χ4n) is 6.98. The number of amides is 2. The van der Waals surface area contributed by atoms with Crippen LogP contribution < -0.4 is 0 Å². The van der Waals surface area contributed by atoms with Crippen LogP contribution >= 0.6 is 0 Å². The average molecular weight is 528 g/mol. The van der Waals surface area contributed by atoms with Gasteiger partial charge in [0.25, 0.3) is 0 Å². The van der Waals surface area contributed by atoms with Crippen LogP contribution in [0, 0.1) is 37.5 Å². The second kappa shape index (κ2) is 11.1. The molecule has 0 spiro atoms. The zero-order chi connectivity index (χ0) is 27.8. The normalized spacial score (nSPS) is 25.1. The van der Waals surface area contributed by atoms with E-state index in [0.29, 0.717) is 31.2 Å². The van der Waals surface area contributed by atoms with E-state index in [1.165, 1.54) is 27.2 Å². The van der Waals surface area contributed by atoms with E-state index in [2.05, 4.69) is 44.2 Å². The van der Waals surface area contributed by atoms with Gasteiger partial charge >= 0.3 is 0 Å². The number of aromatic hydroxyl groups is 1. The van der Waals surface area contributed by atoms with Gasteiger partial charge in [0.05, 0.1) is 24.5 Å². The van der Waals surface area contributed by atoms with Crippen LogP contribution in [0.3, 0.4) is 0 Å². The van der Waals surface area contributed by atoms with E-state index >= 15 is 0 Å². The summed E-state index contributed by atoms with van der Waals surface area (Å²) in [6.45, 7) is 11.3. The van der Waals surface area contributed by atoms with Gasteiger partial charge in [0.2, 0.25) is 11.8 Å². The van der Waals surface area contributed by atoms with Crippen LogP contribution in [-0.4, -0.2) is 41.1 Å². The summed E-state index contributed by atoms with van der Waals surface area (Å²) in [5.74, 6) is 0.154. The third-order valence-corrected chi connectivity index (χ3v) is 8.85. The highest BCUT2D eigenvalue weighted by Gasteiger charge is 2.56. The highest BCUT2D eigenvalue weighted by Crippen LogP contribution is 2.51. The number of rotatable bonds is 8. The summed E-state index contributed by atoms with van der Waals surface area (Å²) in [6.07, 6.45) is 5.26. The van der Waals surface area contributed by atoms with Gasteiger partial charge in [-0.05, 0) is 91.0 Å². The molecule has 3 aliphatic rings. The Morgan fingerprint density at radius 3 is 2.41 bits per heavy atom. The number of imide groups is 1. The number of ether oxygens (including phenoxy) is 1. The van der Waals surface area contributed by atoms with Crippen molar-refractivity contribution in [1.82, 2.24) is 4.90 Å². The Bertz CT molecular complexity index is 1300. The summed E-state index contributed by atoms with van der Waals surface area (Å²) in [6, 6.07) is 14.5. The van der Waals surface area contributed by atoms with Crippen molar-refractivity contribution in [3.63, 3.8) is 0 Å². The molecule has 39 heavy (non-hydrogen) atoms. The number of phenolic OH excluding ortho intramolecular Hbond substituents is 1. The topological polar surface area (TPSA) is 66.8 Å². The van der Waals surface area contributed by atoms with Crippen LogP contribution in [0.5, 0.6) is 5.75 Å². The molecule has 2 fully saturated rings. The molecule has 2 aromatic carbocycles. The third-order valence-electron chi connectivity index (χ3n) is 8.85. The highest BCUT2D eigenvalue weighted by molar-refractivity contribution is 6.06. The van der Waals surface area contributed by atoms with Crippen molar-refractivity contribution in [2.45, 2.75) is 66.4 Å². The number of hydrogen-bond donors (Lipinski definition) is 1. The van der Waals surface area contributed by atoms with Crippen LogP contribution in [0.1, 0.15) is 68.7 Å². The fourth-order valence-corrected chi connectivity index (χ4v) is 6.98. The summed E-state index contributed by atoms with van der Waals surface area (Å²) >= 11 is 0. The Morgan fingerprint density at radius 1 is 1.08 bits per heavy atom. The molecule has 0 bridgehead atoms. The largest absolute Gasteiger partial charge is 0.507 e. The van der Waals surface area contributed by atoms with Gasteiger partial charge in [0, 0.05) is 12.5 Å². The lowest BCUT2D eigenvalue weighted by Crippen LogP contribution is -2.35. The molecule has 0 aromatic heterocycles. The van der Waals surface area contributed by atoms with Gasteiger partial charge in [-0.25, -0.2) is 0 Å². The Kier molecular flexibility index (Phi) is 7.82. The minimum Gasteiger partial charge on any atom is -0.507 e. The second-order valence-corrected chi connectivity index (χ2v) is 11.8. The summed E-state index contributed by atoms with van der Waals surface area (Å²) < 4.78 is 6.46. The lowest BCUT2D eigenvalue weighted by molar-refractivity contribution is -0.140. The smallest absolute Gasteiger partial charge is 0.233 e. The van der Waals surface area contributed by atoms with Crippen molar-refractivity contribution in [3.05, 3.63) is 75.9 Å². The minimum absolute atomic E-state index is 0.00370. The SMILES string of the molecule is CCCN1C(=O)[C@@H]2[C@@H](CC(C(C)C)=C3[C@@H](CC/C(=C/c4cc(C)c(O)c(C)c4)c4ccccc4)OC[C@@H]32)C1=O. The maximum atomic E-state index is 13.4. The third kappa shape index (κ3) is 5.09. The van der Waals surface area contributed by atoms with Gasteiger partial charge in [-0.15, -0.1) is 0 Å². The summed E-state index contributed by atoms with van der Waals surface area (Å²) in [7, 11) is 0. The lowest BCUT2D eigenvalue weighted by atomic mass is 9.67. The monoisotopic (exact) mass is 527 g/mol. The molecule has 5 heteroatoms. The van der Waals surface area contributed by atoms with Crippen molar-refractivity contribution >= 4 is 23.5 Å². The van der Waals surface area contributed by atoms with E-state index in [1.54, 1.807) is 0 Å². The fraction of sp³-hybridized carbons (Fsp3) is 0.471. The number of carbonyl (C=O) groups excluding carboxylic acids is 2. The standard InChI is InChI=1S/C34H41NO4/c1-6-14-35-33(37)27-18-26(20(2)3)30-28(31(27)34(35)38)19-39-29(30)13-12-25(24-10-8-7-9-11-24)17-23-15-21(4)32(36)22(5)16-23/h7-11,15-17,20,27-29,31,36H,6,12-14,18-19H2,1-5H3/b25-17-/t27-,28+,29-,31-/m1/s1.